The molecule has 0 saturated carbocycles. The smallest absolute Gasteiger partial charge is 0.323 e. The quantitative estimate of drug-likeness (QED) is 0.432. The number of hydrogen-bond donors (Lipinski definition) is 1. The number of ether oxygens (including phenoxy) is 1. The van der Waals surface area contributed by atoms with Gasteiger partial charge in [0, 0.05) is 0 Å². The number of rotatable bonds is 12. The summed E-state index contributed by atoms with van der Waals surface area (Å²) in [6.07, 6.45) is 10.5. The fraction of sp³-hybridized carbons (Fsp3) is 0.938. The molecule has 0 aliphatic carbocycles. The number of nitrogens with one attached hydrogen (secondary N) is 1. The molecule has 1 atom stereocenters. The monoisotopic (exact) mass is 271 g/mol. The van der Waals surface area contributed by atoms with E-state index in [0.717, 1.165) is 13.0 Å². The molecule has 0 bridgehead atoms. The van der Waals surface area contributed by atoms with Crippen molar-refractivity contribution in [2.45, 2.75) is 78.2 Å². The molecule has 0 fully saturated rings. The minimum absolute atomic E-state index is 0.144. The van der Waals surface area contributed by atoms with E-state index in [2.05, 4.69) is 12.2 Å². The highest BCUT2D eigenvalue weighted by molar-refractivity contribution is 5.75. The highest BCUT2D eigenvalue weighted by atomic mass is 16.5. The van der Waals surface area contributed by atoms with Gasteiger partial charge in [0.1, 0.15) is 6.04 Å². The van der Waals surface area contributed by atoms with Crippen LogP contribution in [0.2, 0.25) is 0 Å². The van der Waals surface area contributed by atoms with Gasteiger partial charge in [-0.25, -0.2) is 0 Å². The standard InChI is InChI=1S/C16H33NO2/c1-5-6-7-8-9-10-11-12-13-17-15(14(2)3)16(18)19-4/h14-15,17H,5-13H2,1-4H3. The summed E-state index contributed by atoms with van der Waals surface area (Å²) in [4.78, 5) is 11.5. The van der Waals surface area contributed by atoms with Crippen molar-refractivity contribution in [2.24, 2.45) is 5.92 Å². The second kappa shape index (κ2) is 12.5. The molecule has 0 aliphatic rings. The molecule has 0 heterocycles. The van der Waals surface area contributed by atoms with Crippen LogP contribution in [0.25, 0.3) is 0 Å². The lowest BCUT2D eigenvalue weighted by atomic mass is 10.0. The van der Waals surface area contributed by atoms with Gasteiger partial charge in [-0.05, 0) is 18.9 Å². The Morgan fingerprint density at radius 1 is 1.00 bits per heavy atom. The largest absolute Gasteiger partial charge is 0.468 e. The van der Waals surface area contributed by atoms with Crippen molar-refractivity contribution in [2.75, 3.05) is 13.7 Å². The molecular formula is C16H33NO2. The third-order valence-corrected chi connectivity index (χ3v) is 3.52. The zero-order chi connectivity index (χ0) is 14.5. The zero-order valence-electron chi connectivity index (χ0n) is 13.3. The molecule has 1 N–H and O–H groups in total. The Bertz CT molecular complexity index is 217. The van der Waals surface area contributed by atoms with Gasteiger partial charge in [0.05, 0.1) is 7.11 Å². The highest BCUT2D eigenvalue weighted by Crippen LogP contribution is 2.08. The van der Waals surface area contributed by atoms with Gasteiger partial charge in [-0.15, -0.1) is 0 Å². The Morgan fingerprint density at radius 2 is 1.53 bits per heavy atom. The van der Waals surface area contributed by atoms with Gasteiger partial charge in [0.15, 0.2) is 0 Å². The molecule has 0 amide bonds. The van der Waals surface area contributed by atoms with Gasteiger partial charge < -0.3 is 10.1 Å². The van der Waals surface area contributed by atoms with Crippen molar-refractivity contribution in [3.8, 4) is 0 Å². The summed E-state index contributed by atoms with van der Waals surface area (Å²) in [5.74, 6) is 0.135. The molecule has 0 aromatic carbocycles. The van der Waals surface area contributed by atoms with Crippen molar-refractivity contribution >= 4 is 5.97 Å². The molecule has 0 rings (SSSR count). The average molecular weight is 271 g/mol. The molecule has 0 radical (unpaired) electrons. The van der Waals surface area contributed by atoms with Crippen LogP contribution in [0, 0.1) is 5.92 Å². The minimum Gasteiger partial charge on any atom is -0.468 e. The van der Waals surface area contributed by atoms with E-state index < -0.39 is 0 Å². The molecule has 0 aliphatic heterocycles. The topological polar surface area (TPSA) is 38.3 Å². The Balaban J connectivity index is 3.48. The Hall–Kier alpha value is -0.570. The fourth-order valence-electron chi connectivity index (χ4n) is 2.23. The van der Waals surface area contributed by atoms with E-state index in [1.54, 1.807) is 0 Å². The first kappa shape index (κ1) is 18.4. The van der Waals surface area contributed by atoms with Gasteiger partial charge in [0.25, 0.3) is 0 Å². The van der Waals surface area contributed by atoms with Crippen LogP contribution in [0.5, 0.6) is 0 Å². The van der Waals surface area contributed by atoms with E-state index in [1.165, 1.54) is 52.1 Å². The number of carbonyl (C=O) groups is 1. The van der Waals surface area contributed by atoms with Crippen LogP contribution in [0.3, 0.4) is 0 Å². The maximum Gasteiger partial charge on any atom is 0.323 e. The van der Waals surface area contributed by atoms with E-state index in [0.29, 0.717) is 0 Å². The second-order valence-electron chi connectivity index (χ2n) is 5.67. The first-order valence-electron chi connectivity index (χ1n) is 7.94. The maximum atomic E-state index is 11.5. The van der Waals surface area contributed by atoms with Crippen molar-refractivity contribution in [1.29, 1.82) is 0 Å². The highest BCUT2D eigenvalue weighted by Gasteiger charge is 2.21. The van der Waals surface area contributed by atoms with Crippen LogP contribution in [0.1, 0.15) is 72.1 Å². The lowest BCUT2D eigenvalue weighted by Crippen LogP contribution is -2.42. The van der Waals surface area contributed by atoms with Crippen LogP contribution in [-0.2, 0) is 9.53 Å². The van der Waals surface area contributed by atoms with E-state index in [9.17, 15) is 4.79 Å². The first-order chi connectivity index (χ1) is 9.13. The Labute approximate surface area is 119 Å². The van der Waals surface area contributed by atoms with Gasteiger partial charge >= 0.3 is 5.97 Å². The lowest BCUT2D eigenvalue weighted by molar-refractivity contribution is -0.144. The predicted molar refractivity (Wildman–Crippen MR) is 81.3 cm³/mol. The SMILES string of the molecule is CCCCCCCCCCNC(C(=O)OC)C(C)C. The average Bonchev–Trinajstić information content (AvgIpc) is 2.40. The van der Waals surface area contributed by atoms with Crippen molar-refractivity contribution in [3.05, 3.63) is 0 Å². The maximum absolute atomic E-state index is 11.5. The summed E-state index contributed by atoms with van der Waals surface area (Å²) in [7, 11) is 1.45. The number of carbonyl (C=O) groups excluding carboxylic acids is 1. The third-order valence-electron chi connectivity index (χ3n) is 3.52. The van der Waals surface area contributed by atoms with E-state index in [1.807, 2.05) is 13.8 Å². The number of hydrogen-bond acceptors (Lipinski definition) is 3. The fourth-order valence-corrected chi connectivity index (χ4v) is 2.23. The van der Waals surface area contributed by atoms with Crippen molar-refractivity contribution < 1.29 is 9.53 Å². The summed E-state index contributed by atoms with van der Waals surface area (Å²) in [5, 5.41) is 3.31. The van der Waals surface area contributed by atoms with E-state index >= 15 is 0 Å². The predicted octanol–water partition coefficient (Wildman–Crippen LogP) is 3.91. The van der Waals surface area contributed by atoms with Gasteiger partial charge in [-0.3, -0.25) is 4.79 Å². The van der Waals surface area contributed by atoms with Crippen LogP contribution in [-0.4, -0.2) is 25.7 Å². The number of methoxy groups -OCH3 is 1. The first-order valence-corrected chi connectivity index (χ1v) is 7.94. The van der Waals surface area contributed by atoms with Crippen molar-refractivity contribution in [3.63, 3.8) is 0 Å². The van der Waals surface area contributed by atoms with Crippen LogP contribution in [0.4, 0.5) is 0 Å². The van der Waals surface area contributed by atoms with Gasteiger partial charge in [-0.1, -0.05) is 65.7 Å². The molecule has 0 aromatic rings. The molecule has 0 spiro atoms. The molecule has 0 saturated heterocycles. The molecule has 3 nitrogen and oxygen atoms in total. The summed E-state index contributed by atoms with van der Waals surface area (Å²) < 4.78 is 4.81. The molecule has 114 valence electrons. The lowest BCUT2D eigenvalue weighted by Gasteiger charge is -2.19. The Kier molecular flexibility index (Phi) is 12.1. The molecule has 0 aromatic heterocycles. The van der Waals surface area contributed by atoms with E-state index in [4.69, 9.17) is 4.74 Å². The molecule has 1 unspecified atom stereocenters. The third kappa shape index (κ3) is 9.94. The summed E-state index contributed by atoms with van der Waals surface area (Å²) >= 11 is 0. The van der Waals surface area contributed by atoms with E-state index in [-0.39, 0.29) is 17.9 Å². The van der Waals surface area contributed by atoms with Crippen LogP contribution < -0.4 is 5.32 Å². The van der Waals surface area contributed by atoms with Crippen molar-refractivity contribution in [1.82, 2.24) is 5.32 Å². The molecule has 3 heteroatoms. The Morgan fingerprint density at radius 3 is 2.00 bits per heavy atom. The van der Waals surface area contributed by atoms with Crippen LogP contribution >= 0.6 is 0 Å². The number of unbranched alkanes of at least 4 members (excludes halogenated alkanes) is 7. The summed E-state index contributed by atoms with van der Waals surface area (Å²) in [6, 6.07) is -0.158. The minimum atomic E-state index is -0.158. The molecule has 19 heavy (non-hydrogen) atoms. The van der Waals surface area contributed by atoms with Crippen LogP contribution in [0.15, 0.2) is 0 Å². The summed E-state index contributed by atoms with van der Waals surface area (Å²) in [6.45, 7) is 7.25. The molecular weight excluding hydrogens is 238 g/mol. The summed E-state index contributed by atoms with van der Waals surface area (Å²) in [5.41, 5.74) is 0. The van der Waals surface area contributed by atoms with Gasteiger partial charge in [-0.2, -0.15) is 0 Å². The second-order valence-corrected chi connectivity index (χ2v) is 5.67. The number of esters is 1. The van der Waals surface area contributed by atoms with Gasteiger partial charge in [0.2, 0.25) is 0 Å². The zero-order valence-corrected chi connectivity index (χ0v) is 13.3. The normalized spacial score (nSPS) is 12.7.